The van der Waals surface area contributed by atoms with Gasteiger partial charge in [0.2, 0.25) is 11.8 Å². The summed E-state index contributed by atoms with van der Waals surface area (Å²) in [6.07, 6.45) is 4.91. The van der Waals surface area contributed by atoms with Crippen LogP contribution in [0.4, 0.5) is 0 Å². The standard InChI is InChI=1S/C20H22ClN5O2.ClH/c1-14-18(15-3-5-16(21)6-4-15)28-17(25-14)13-23-19(27)20(7-10-22-11-8-20)26-12-2-9-24-26;/h2-6,9,12,22H,7-8,10-11,13H2,1H3,(H,23,27);1H. The molecule has 0 spiro atoms. The molecule has 9 heteroatoms. The summed E-state index contributed by atoms with van der Waals surface area (Å²) in [7, 11) is 0. The summed E-state index contributed by atoms with van der Waals surface area (Å²) in [6, 6.07) is 9.24. The SMILES string of the molecule is Cc1nc(CNC(=O)C2(n3cccn3)CCNCC2)oc1-c1ccc(Cl)cc1.Cl. The number of halogens is 2. The van der Waals surface area contributed by atoms with Crippen LogP contribution in [0.2, 0.25) is 5.02 Å². The quantitative estimate of drug-likeness (QED) is 0.641. The maximum absolute atomic E-state index is 13.1. The zero-order chi connectivity index (χ0) is 19.6. The smallest absolute Gasteiger partial charge is 0.248 e. The predicted octanol–water partition coefficient (Wildman–Crippen LogP) is 3.32. The van der Waals surface area contributed by atoms with Gasteiger partial charge in [-0.1, -0.05) is 11.6 Å². The second-order valence-electron chi connectivity index (χ2n) is 6.94. The Morgan fingerprint density at radius 2 is 2.03 bits per heavy atom. The maximum Gasteiger partial charge on any atom is 0.248 e. The summed E-state index contributed by atoms with van der Waals surface area (Å²) in [5.41, 5.74) is 0.989. The fraction of sp³-hybridized carbons (Fsp3) is 0.350. The van der Waals surface area contributed by atoms with E-state index in [9.17, 15) is 4.79 Å². The van der Waals surface area contributed by atoms with Crippen molar-refractivity contribution in [2.45, 2.75) is 31.8 Å². The van der Waals surface area contributed by atoms with E-state index in [0.717, 1.165) is 24.3 Å². The molecule has 0 radical (unpaired) electrons. The van der Waals surface area contributed by atoms with Crippen LogP contribution in [0.25, 0.3) is 11.3 Å². The molecule has 154 valence electrons. The molecule has 3 heterocycles. The van der Waals surface area contributed by atoms with E-state index in [2.05, 4.69) is 20.7 Å². The van der Waals surface area contributed by atoms with Gasteiger partial charge in [0.25, 0.3) is 0 Å². The number of hydrogen-bond donors (Lipinski definition) is 2. The van der Waals surface area contributed by atoms with Crippen molar-refractivity contribution in [1.82, 2.24) is 25.4 Å². The van der Waals surface area contributed by atoms with Crippen molar-refractivity contribution in [1.29, 1.82) is 0 Å². The molecule has 0 atom stereocenters. The number of nitrogens with one attached hydrogen (secondary N) is 2. The highest BCUT2D eigenvalue weighted by molar-refractivity contribution is 6.30. The monoisotopic (exact) mass is 435 g/mol. The molecule has 2 N–H and O–H groups in total. The number of aryl methyl sites for hydroxylation is 1. The maximum atomic E-state index is 13.1. The number of carbonyl (C=O) groups excluding carboxylic acids is 1. The van der Waals surface area contributed by atoms with Gasteiger partial charge in [-0.05, 0) is 63.2 Å². The zero-order valence-corrected chi connectivity index (χ0v) is 17.6. The van der Waals surface area contributed by atoms with Crippen molar-refractivity contribution in [2.75, 3.05) is 13.1 Å². The summed E-state index contributed by atoms with van der Waals surface area (Å²) in [4.78, 5) is 17.6. The first kappa shape index (κ1) is 21.4. The van der Waals surface area contributed by atoms with E-state index in [1.165, 1.54) is 0 Å². The van der Waals surface area contributed by atoms with E-state index >= 15 is 0 Å². The van der Waals surface area contributed by atoms with Crippen LogP contribution < -0.4 is 10.6 Å². The molecule has 1 aromatic carbocycles. The minimum Gasteiger partial charge on any atom is -0.438 e. The molecule has 1 saturated heterocycles. The molecule has 3 aromatic rings. The number of carbonyl (C=O) groups is 1. The molecule has 0 unspecified atom stereocenters. The van der Waals surface area contributed by atoms with Gasteiger partial charge in [-0.2, -0.15) is 5.10 Å². The second kappa shape index (κ2) is 8.98. The van der Waals surface area contributed by atoms with Crippen LogP contribution in [0, 0.1) is 6.92 Å². The average Bonchev–Trinajstić information content (AvgIpc) is 3.38. The van der Waals surface area contributed by atoms with Crippen LogP contribution in [0.5, 0.6) is 0 Å². The topological polar surface area (TPSA) is 85.0 Å². The Morgan fingerprint density at radius 3 is 2.69 bits per heavy atom. The van der Waals surface area contributed by atoms with E-state index in [4.69, 9.17) is 16.0 Å². The zero-order valence-electron chi connectivity index (χ0n) is 16.0. The van der Waals surface area contributed by atoms with E-state index < -0.39 is 5.54 Å². The van der Waals surface area contributed by atoms with Gasteiger partial charge >= 0.3 is 0 Å². The highest BCUT2D eigenvalue weighted by Crippen LogP contribution is 2.28. The molecule has 4 rings (SSSR count). The lowest BCUT2D eigenvalue weighted by molar-refractivity contribution is -0.132. The van der Waals surface area contributed by atoms with Crippen LogP contribution in [0.1, 0.15) is 24.4 Å². The van der Waals surface area contributed by atoms with Crippen molar-refractivity contribution in [2.24, 2.45) is 0 Å². The Labute approximate surface area is 180 Å². The Kier molecular flexibility index (Phi) is 6.62. The molecule has 1 aliphatic rings. The predicted molar refractivity (Wildman–Crippen MR) is 113 cm³/mol. The molecule has 0 bridgehead atoms. The Bertz CT molecular complexity index is 948. The third-order valence-electron chi connectivity index (χ3n) is 5.14. The summed E-state index contributed by atoms with van der Waals surface area (Å²) >= 11 is 5.95. The molecule has 1 fully saturated rings. The number of hydrogen-bond acceptors (Lipinski definition) is 5. The molecule has 1 amide bonds. The fourth-order valence-corrected chi connectivity index (χ4v) is 3.77. The highest BCUT2D eigenvalue weighted by atomic mass is 35.5. The summed E-state index contributed by atoms with van der Waals surface area (Å²) in [6.45, 7) is 3.65. The molecule has 29 heavy (non-hydrogen) atoms. The number of oxazole rings is 1. The lowest BCUT2D eigenvalue weighted by Crippen LogP contribution is -2.54. The van der Waals surface area contributed by atoms with Crippen LogP contribution in [-0.4, -0.2) is 33.8 Å². The van der Waals surface area contributed by atoms with E-state index in [0.29, 0.717) is 29.5 Å². The average molecular weight is 436 g/mol. The van der Waals surface area contributed by atoms with E-state index in [-0.39, 0.29) is 24.9 Å². The van der Waals surface area contributed by atoms with Gasteiger partial charge in [0.15, 0.2) is 5.76 Å². The minimum atomic E-state index is -0.685. The van der Waals surface area contributed by atoms with Crippen molar-refractivity contribution < 1.29 is 9.21 Å². The van der Waals surface area contributed by atoms with Crippen molar-refractivity contribution in [3.05, 3.63) is 59.3 Å². The minimum absolute atomic E-state index is 0. The molecule has 7 nitrogen and oxygen atoms in total. The number of piperidine rings is 1. The van der Waals surface area contributed by atoms with Gasteiger partial charge in [0.05, 0.1) is 12.2 Å². The van der Waals surface area contributed by atoms with Crippen molar-refractivity contribution >= 4 is 29.9 Å². The highest BCUT2D eigenvalue weighted by Gasteiger charge is 2.41. The Morgan fingerprint density at radius 1 is 1.31 bits per heavy atom. The third-order valence-corrected chi connectivity index (χ3v) is 5.40. The van der Waals surface area contributed by atoms with Gasteiger partial charge < -0.3 is 15.1 Å². The number of nitrogens with zero attached hydrogens (tertiary/aromatic N) is 3. The Hall–Kier alpha value is -2.35. The van der Waals surface area contributed by atoms with Crippen LogP contribution in [0.3, 0.4) is 0 Å². The first-order valence-electron chi connectivity index (χ1n) is 9.30. The van der Waals surface area contributed by atoms with Gasteiger partial charge in [0, 0.05) is 23.0 Å². The Balaban J connectivity index is 0.00000240. The normalized spacial score (nSPS) is 15.5. The van der Waals surface area contributed by atoms with Crippen LogP contribution in [-0.2, 0) is 16.9 Å². The fourth-order valence-electron chi connectivity index (χ4n) is 3.64. The summed E-state index contributed by atoms with van der Waals surface area (Å²) in [5.74, 6) is 1.09. The van der Waals surface area contributed by atoms with Crippen molar-refractivity contribution in [3.63, 3.8) is 0 Å². The third kappa shape index (κ3) is 4.32. The van der Waals surface area contributed by atoms with Gasteiger partial charge in [-0.25, -0.2) is 4.98 Å². The molecule has 0 saturated carbocycles. The lowest BCUT2D eigenvalue weighted by atomic mass is 9.87. The largest absolute Gasteiger partial charge is 0.438 e. The number of rotatable bonds is 5. The molecule has 1 aliphatic heterocycles. The number of aromatic nitrogens is 3. The van der Waals surface area contributed by atoms with Gasteiger partial charge in [-0.3, -0.25) is 9.48 Å². The van der Waals surface area contributed by atoms with Crippen LogP contribution in [0.15, 0.2) is 47.1 Å². The first-order valence-corrected chi connectivity index (χ1v) is 9.68. The molecule has 2 aromatic heterocycles. The summed E-state index contributed by atoms with van der Waals surface area (Å²) in [5, 5.41) is 11.3. The summed E-state index contributed by atoms with van der Waals surface area (Å²) < 4.78 is 7.67. The lowest BCUT2D eigenvalue weighted by Gasteiger charge is -2.36. The van der Waals surface area contributed by atoms with Crippen LogP contribution >= 0.6 is 24.0 Å². The van der Waals surface area contributed by atoms with Crippen molar-refractivity contribution in [3.8, 4) is 11.3 Å². The van der Waals surface area contributed by atoms with E-state index in [1.54, 1.807) is 10.9 Å². The number of benzene rings is 1. The first-order chi connectivity index (χ1) is 13.6. The molecular weight excluding hydrogens is 413 g/mol. The van der Waals surface area contributed by atoms with E-state index in [1.807, 2.05) is 43.5 Å². The van der Waals surface area contributed by atoms with Gasteiger partial charge in [0.1, 0.15) is 5.54 Å². The molecule has 0 aliphatic carbocycles. The van der Waals surface area contributed by atoms with Gasteiger partial charge in [-0.15, -0.1) is 12.4 Å². The molecular formula is C20H23Cl2N5O2. The second-order valence-corrected chi connectivity index (χ2v) is 7.38. The number of amides is 1.